The zero-order valence-electron chi connectivity index (χ0n) is 12.3. The van der Waals surface area contributed by atoms with Crippen LogP contribution in [0.15, 0.2) is 23.8 Å². The molecule has 0 radical (unpaired) electrons. The number of rotatable bonds is 6. The fraction of sp³-hybridized carbons (Fsp3) is 0.765. The lowest BCUT2D eigenvalue weighted by Gasteiger charge is -2.51. The second kappa shape index (κ2) is 6.71. The van der Waals surface area contributed by atoms with Gasteiger partial charge in [0.2, 0.25) is 0 Å². The molecule has 2 rings (SSSR count). The molecule has 19 heavy (non-hydrogen) atoms. The normalized spacial score (nSPS) is 34.3. The maximum absolute atomic E-state index is 10.2. The summed E-state index contributed by atoms with van der Waals surface area (Å²) >= 11 is 0. The fourth-order valence-corrected chi connectivity index (χ4v) is 3.88. The van der Waals surface area contributed by atoms with Crippen LogP contribution in [0.5, 0.6) is 0 Å². The molecule has 4 atom stereocenters. The Bertz CT molecular complexity index is 339. The molecular formula is C17H28O2. The van der Waals surface area contributed by atoms with E-state index in [9.17, 15) is 10.2 Å². The molecule has 108 valence electrons. The zero-order chi connectivity index (χ0) is 13.8. The van der Waals surface area contributed by atoms with Crippen molar-refractivity contribution in [3.63, 3.8) is 0 Å². The van der Waals surface area contributed by atoms with Gasteiger partial charge < -0.3 is 10.2 Å². The van der Waals surface area contributed by atoms with E-state index < -0.39 is 12.2 Å². The van der Waals surface area contributed by atoms with Gasteiger partial charge in [-0.25, -0.2) is 0 Å². The molecule has 2 nitrogen and oxygen atoms in total. The average Bonchev–Trinajstić information content (AvgIpc) is 2.44. The Morgan fingerprint density at radius 3 is 2.32 bits per heavy atom. The minimum absolute atomic E-state index is 0.162. The second-order valence-electron chi connectivity index (χ2n) is 6.11. The van der Waals surface area contributed by atoms with Crippen molar-refractivity contribution in [1.29, 1.82) is 0 Å². The number of aliphatic hydroxyl groups excluding tert-OH is 2. The van der Waals surface area contributed by atoms with Crippen LogP contribution in [0.2, 0.25) is 0 Å². The van der Waals surface area contributed by atoms with Gasteiger partial charge in [0.1, 0.15) is 0 Å². The molecular weight excluding hydrogens is 236 g/mol. The molecule has 1 fully saturated rings. The lowest BCUT2D eigenvalue weighted by atomic mass is 9.58. The standard InChI is InChI=1S/C17H28O2/c1-3-8-12(9-4-2)14-15(17(19)16(14)18)13-10-6-5-7-11-13/h6,10-12,14-19H,3-5,7-9H2,1-2H3. The molecule has 2 heteroatoms. The third-order valence-corrected chi connectivity index (χ3v) is 4.80. The first-order valence-electron chi connectivity index (χ1n) is 7.93. The van der Waals surface area contributed by atoms with E-state index >= 15 is 0 Å². The van der Waals surface area contributed by atoms with Crippen molar-refractivity contribution in [3.8, 4) is 0 Å². The largest absolute Gasteiger partial charge is 0.390 e. The summed E-state index contributed by atoms with van der Waals surface area (Å²) in [6.07, 6.45) is 12.3. The molecule has 4 unspecified atom stereocenters. The van der Waals surface area contributed by atoms with Gasteiger partial charge in [0, 0.05) is 5.92 Å². The molecule has 2 N–H and O–H groups in total. The van der Waals surface area contributed by atoms with E-state index in [-0.39, 0.29) is 11.8 Å². The van der Waals surface area contributed by atoms with Crippen LogP contribution in [0, 0.1) is 17.8 Å². The maximum atomic E-state index is 10.2. The van der Waals surface area contributed by atoms with Crippen molar-refractivity contribution in [2.75, 3.05) is 0 Å². The quantitative estimate of drug-likeness (QED) is 0.771. The Hall–Kier alpha value is -0.600. The van der Waals surface area contributed by atoms with Crippen molar-refractivity contribution in [3.05, 3.63) is 23.8 Å². The molecule has 0 aromatic carbocycles. The molecule has 0 saturated heterocycles. The first-order chi connectivity index (χ1) is 9.20. The van der Waals surface area contributed by atoms with Gasteiger partial charge in [-0.3, -0.25) is 0 Å². The van der Waals surface area contributed by atoms with E-state index in [4.69, 9.17) is 0 Å². The highest BCUT2D eigenvalue weighted by Gasteiger charge is 2.52. The van der Waals surface area contributed by atoms with Crippen LogP contribution in [0.4, 0.5) is 0 Å². The summed E-state index contributed by atoms with van der Waals surface area (Å²) in [6, 6.07) is 0. The summed E-state index contributed by atoms with van der Waals surface area (Å²) in [5, 5.41) is 20.4. The summed E-state index contributed by atoms with van der Waals surface area (Å²) in [7, 11) is 0. The Morgan fingerprint density at radius 1 is 1.11 bits per heavy atom. The smallest absolute Gasteiger partial charge is 0.0874 e. The van der Waals surface area contributed by atoms with Gasteiger partial charge in [-0.1, -0.05) is 57.8 Å². The number of aliphatic hydroxyl groups is 2. The van der Waals surface area contributed by atoms with Crippen LogP contribution >= 0.6 is 0 Å². The maximum Gasteiger partial charge on any atom is 0.0874 e. The van der Waals surface area contributed by atoms with Crippen LogP contribution in [0.25, 0.3) is 0 Å². The van der Waals surface area contributed by atoms with E-state index in [1.165, 1.54) is 5.57 Å². The van der Waals surface area contributed by atoms with E-state index in [0.29, 0.717) is 5.92 Å². The van der Waals surface area contributed by atoms with Gasteiger partial charge in [0.05, 0.1) is 12.2 Å². The predicted octanol–water partition coefficient (Wildman–Crippen LogP) is 3.45. The lowest BCUT2D eigenvalue weighted by molar-refractivity contribution is -0.161. The highest BCUT2D eigenvalue weighted by molar-refractivity contribution is 5.30. The number of hydrogen-bond acceptors (Lipinski definition) is 2. The molecule has 0 aromatic rings. The van der Waals surface area contributed by atoms with Crippen LogP contribution in [-0.4, -0.2) is 22.4 Å². The van der Waals surface area contributed by atoms with Gasteiger partial charge >= 0.3 is 0 Å². The van der Waals surface area contributed by atoms with Crippen LogP contribution in [-0.2, 0) is 0 Å². The molecule has 0 spiro atoms. The molecule has 2 aliphatic carbocycles. The predicted molar refractivity (Wildman–Crippen MR) is 78.8 cm³/mol. The summed E-state index contributed by atoms with van der Waals surface area (Å²) in [5.74, 6) is 0.966. The van der Waals surface area contributed by atoms with Crippen LogP contribution in [0.3, 0.4) is 0 Å². The first kappa shape index (κ1) is 14.8. The van der Waals surface area contributed by atoms with Crippen molar-refractivity contribution >= 4 is 0 Å². The minimum Gasteiger partial charge on any atom is -0.390 e. The van der Waals surface area contributed by atoms with Crippen molar-refractivity contribution in [2.45, 2.75) is 64.6 Å². The van der Waals surface area contributed by atoms with Gasteiger partial charge in [0.25, 0.3) is 0 Å². The summed E-state index contributed by atoms with van der Waals surface area (Å²) in [5.41, 5.74) is 1.26. The summed E-state index contributed by atoms with van der Waals surface area (Å²) < 4.78 is 0. The number of allylic oxidation sites excluding steroid dienone is 3. The Morgan fingerprint density at radius 2 is 1.79 bits per heavy atom. The van der Waals surface area contributed by atoms with E-state index in [0.717, 1.165) is 38.5 Å². The van der Waals surface area contributed by atoms with Crippen LogP contribution in [0.1, 0.15) is 52.4 Å². The first-order valence-corrected chi connectivity index (χ1v) is 7.93. The van der Waals surface area contributed by atoms with Gasteiger partial charge in [-0.15, -0.1) is 0 Å². The molecule has 0 bridgehead atoms. The van der Waals surface area contributed by atoms with Crippen molar-refractivity contribution in [2.24, 2.45) is 17.8 Å². The fourth-order valence-electron chi connectivity index (χ4n) is 3.88. The summed E-state index contributed by atoms with van der Waals surface area (Å²) in [4.78, 5) is 0. The lowest BCUT2D eigenvalue weighted by Crippen LogP contribution is -2.58. The monoisotopic (exact) mass is 264 g/mol. The zero-order valence-corrected chi connectivity index (χ0v) is 12.3. The molecule has 0 aromatic heterocycles. The van der Waals surface area contributed by atoms with Gasteiger partial charge in [-0.05, 0) is 30.3 Å². The van der Waals surface area contributed by atoms with E-state index in [1.807, 2.05) is 0 Å². The molecule has 1 saturated carbocycles. The molecule has 0 amide bonds. The van der Waals surface area contributed by atoms with Gasteiger partial charge in [0.15, 0.2) is 0 Å². The highest BCUT2D eigenvalue weighted by Crippen LogP contribution is 2.48. The molecule has 0 aliphatic heterocycles. The second-order valence-corrected chi connectivity index (χ2v) is 6.11. The molecule has 2 aliphatic rings. The third kappa shape index (κ3) is 2.95. The third-order valence-electron chi connectivity index (χ3n) is 4.80. The van der Waals surface area contributed by atoms with Crippen molar-refractivity contribution in [1.82, 2.24) is 0 Å². The molecule has 0 heterocycles. The van der Waals surface area contributed by atoms with Crippen molar-refractivity contribution < 1.29 is 10.2 Å². The van der Waals surface area contributed by atoms with Crippen LogP contribution < -0.4 is 0 Å². The van der Waals surface area contributed by atoms with E-state index in [1.54, 1.807) is 0 Å². The summed E-state index contributed by atoms with van der Waals surface area (Å²) in [6.45, 7) is 4.41. The topological polar surface area (TPSA) is 40.5 Å². The minimum atomic E-state index is -0.560. The Labute approximate surface area is 117 Å². The average molecular weight is 264 g/mol. The highest BCUT2D eigenvalue weighted by atomic mass is 16.3. The Kier molecular flexibility index (Phi) is 5.23. The Balaban J connectivity index is 2.12. The van der Waals surface area contributed by atoms with Gasteiger partial charge in [-0.2, -0.15) is 0 Å². The van der Waals surface area contributed by atoms with E-state index in [2.05, 4.69) is 32.1 Å². The SMILES string of the molecule is CCCC(CCC)C1C(O)C(O)C1C1=CCCC=C1. The number of hydrogen-bond donors (Lipinski definition) is 2.